The minimum Gasteiger partial charge on any atom is -0.504 e. The van der Waals surface area contributed by atoms with Crippen LogP contribution in [0.1, 0.15) is 17.2 Å². The first-order valence-electron chi connectivity index (χ1n) is 8.69. The molecule has 0 aliphatic heterocycles. The molecule has 0 unspecified atom stereocenters. The molecule has 2 aromatic carbocycles. The summed E-state index contributed by atoms with van der Waals surface area (Å²) in [4.78, 5) is 23.3. The molecule has 29 heavy (non-hydrogen) atoms. The predicted octanol–water partition coefficient (Wildman–Crippen LogP) is 3.65. The van der Waals surface area contributed by atoms with E-state index in [-0.39, 0.29) is 11.5 Å². The molecule has 0 spiro atoms. The number of aliphatic carboxylic acids is 1. The number of methoxy groups -OCH3 is 2. The first-order valence-corrected chi connectivity index (χ1v) is 8.69. The van der Waals surface area contributed by atoms with Gasteiger partial charge in [-0.2, -0.15) is 0 Å². The SMILES string of the molecule is COc1ccc([C@@H](OC(=O)Nc2ccc(C)cc2)[C@@H](/C=C/C(=O)O)OC)cc1O. The molecule has 2 atom stereocenters. The zero-order valence-corrected chi connectivity index (χ0v) is 16.3. The second kappa shape index (κ2) is 10.1. The van der Waals surface area contributed by atoms with Gasteiger partial charge in [-0.05, 0) is 42.8 Å². The standard InChI is InChI=1S/C21H23NO7/c1-13-4-7-15(8-5-13)22-21(26)29-20(18(28-3)10-11-19(24)25)14-6-9-17(27-2)16(23)12-14/h4-12,18,20,23H,1-3H3,(H,22,26)(H,24,25)/b11-10+/t18-,20-/m1/s1. The number of carbonyl (C=O) groups is 2. The number of phenolic OH excluding ortho intramolecular Hbond substituents is 1. The number of carboxylic acids is 1. The quantitative estimate of drug-likeness (QED) is 0.578. The number of ether oxygens (including phenoxy) is 3. The van der Waals surface area contributed by atoms with Crippen molar-refractivity contribution in [2.45, 2.75) is 19.1 Å². The number of aromatic hydroxyl groups is 1. The summed E-state index contributed by atoms with van der Waals surface area (Å²) in [7, 11) is 2.76. The fourth-order valence-corrected chi connectivity index (χ4v) is 2.59. The molecular formula is C21H23NO7. The highest BCUT2D eigenvalue weighted by Crippen LogP contribution is 2.33. The normalized spacial score (nSPS) is 12.9. The van der Waals surface area contributed by atoms with E-state index >= 15 is 0 Å². The van der Waals surface area contributed by atoms with E-state index in [0.29, 0.717) is 11.3 Å². The Morgan fingerprint density at radius 2 is 1.79 bits per heavy atom. The number of rotatable bonds is 8. The van der Waals surface area contributed by atoms with Gasteiger partial charge in [-0.1, -0.05) is 23.8 Å². The lowest BCUT2D eigenvalue weighted by atomic mass is 10.0. The van der Waals surface area contributed by atoms with Crippen molar-refractivity contribution < 1.29 is 34.0 Å². The van der Waals surface area contributed by atoms with Crippen LogP contribution < -0.4 is 10.1 Å². The Balaban J connectivity index is 2.29. The van der Waals surface area contributed by atoms with E-state index in [1.54, 1.807) is 18.2 Å². The average molecular weight is 401 g/mol. The smallest absolute Gasteiger partial charge is 0.412 e. The minimum absolute atomic E-state index is 0.158. The number of aryl methyl sites for hydroxylation is 1. The van der Waals surface area contributed by atoms with Gasteiger partial charge in [0.25, 0.3) is 0 Å². The van der Waals surface area contributed by atoms with Gasteiger partial charge >= 0.3 is 12.1 Å². The fraction of sp³-hybridized carbons (Fsp3) is 0.238. The van der Waals surface area contributed by atoms with E-state index < -0.39 is 24.3 Å². The van der Waals surface area contributed by atoms with Crippen molar-refractivity contribution in [3.8, 4) is 11.5 Å². The third-order valence-corrected chi connectivity index (χ3v) is 4.06. The third kappa shape index (κ3) is 6.25. The van der Waals surface area contributed by atoms with E-state index in [4.69, 9.17) is 19.3 Å². The molecule has 0 fully saturated rings. The molecule has 0 aliphatic carbocycles. The number of benzene rings is 2. The highest BCUT2D eigenvalue weighted by molar-refractivity contribution is 5.85. The van der Waals surface area contributed by atoms with E-state index in [9.17, 15) is 14.7 Å². The average Bonchev–Trinajstić information content (AvgIpc) is 2.69. The van der Waals surface area contributed by atoms with Crippen molar-refractivity contribution in [3.05, 3.63) is 65.7 Å². The van der Waals surface area contributed by atoms with Gasteiger partial charge in [0.2, 0.25) is 0 Å². The molecular weight excluding hydrogens is 378 g/mol. The monoisotopic (exact) mass is 401 g/mol. The van der Waals surface area contributed by atoms with Crippen LogP contribution in [0.3, 0.4) is 0 Å². The summed E-state index contributed by atoms with van der Waals surface area (Å²) in [5.74, 6) is -1.09. The summed E-state index contributed by atoms with van der Waals surface area (Å²) in [5.41, 5.74) is 1.96. The second-order valence-corrected chi connectivity index (χ2v) is 6.15. The Hall–Kier alpha value is -3.52. The number of phenols is 1. The molecule has 2 rings (SSSR count). The summed E-state index contributed by atoms with van der Waals surface area (Å²) in [6, 6.07) is 11.6. The van der Waals surface area contributed by atoms with Gasteiger partial charge in [0.15, 0.2) is 17.6 Å². The lowest BCUT2D eigenvalue weighted by molar-refractivity contribution is -0.131. The van der Waals surface area contributed by atoms with Crippen LogP contribution in [-0.4, -0.2) is 42.6 Å². The summed E-state index contributed by atoms with van der Waals surface area (Å²) >= 11 is 0. The second-order valence-electron chi connectivity index (χ2n) is 6.15. The molecule has 0 saturated heterocycles. The maximum atomic E-state index is 12.4. The van der Waals surface area contributed by atoms with Crippen molar-refractivity contribution in [1.29, 1.82) is 0 Å². The first-order chi connectivity index (χ1) is 13.8. The zero-order chi connectivity index (χ0) is 21.4. The molecule has 1 amide bonds. The molecule has 2 aromatic rings. The van der Waals surface area contributed by atoms with Gasteiger partial charge in [-0.15, -0.1) is 0 Å². The van der Waals surface area contributed by atoms with Gasteiger partial charge < -0.3 is 24.4 Å². The molecule has 0 aliphatic rings. The van der Waals surface area contributed by atoms with E-state index in [2.05, 4.69) is 5.32 Å². The van der Waals surface area contributed by atoms with E-state index in [1.807, 2.05) is 19.1 Å². The Bertz CT molecular complexity index is 877. The number of hydrogen-bond acceptors (Lipinski definition) is 6. The molecule has 8 nitrogen and oxygen atoms in total. The third-order valence-electron chi connectivity index (χ3n) is 4.06. The molecule has 0 aromatic heterocycles. The number of anilines is 1. The Labute approximate surface area is 168 Å². The van der Waals surface area contributed by atoms with Crippen LogP contribution in [0, 0.1) is 6.92 Å². The maximum absolute atomic E-state index is 12.4. The van der Waals surface area contributed by atoms with Crippen molar-refractivity contribution in [2.24, 2.45) is 0 Å². The van der Waals surface area contributed by atoms with Crippen molar-refractivity contribution in [2.75, 3.05) is 19.5 Å². The molecule has 3 N–H and O–H groups in total. The van der Waals surface area contributed by atoms with Crippen LogP contribution in [0.25, 0.3) is 0 Å². The van der Waals surface area contributed by atoms with Crippen LogP contribution in [0.2, 0.25) is 0 Å². The first kappa shape index (κ1) is 21.8. The van der Waals surface area contributed by atoms with Crippen LogP contribution in [0.15, 0.2) is 54.6 Å². The van der Waals surface area contributed by atoms with Crippen LogP contribution in [0.5, 0.6) is 11.5 Å². The van der Waals surface area contributed by atoms with Gasteiger partial charge in [-0.25, -0.2) is 9.59 Å². The predicted molar refractivity (Wildman–Crippen MR) is 106 cm³/mol. The number of carboxylic acid groups (broad SMARTS) is 1. The lowest BCUT2D eigenvalue weighted by Gasteiger charge is -2.24. The van der Waals surface area contributed by atoms with Crippen molar-refractivity contribution in [1.82, 2.24) is 0 Å². The highest BCUT2D eigenvalue weighted by atomic mass is 16.6. The van der Waals surface area contributed by atoms with Crippen molar-refractivity contribution >= 4 is 17.7 Å². The van der Waals surface area contributed by atoms with E-state index in [0.717, 1.165) is 11.6 Å². The number of nitrogens with one attached hydrogen (secondary N) is 1. The van der Waals surface area contributed by atoms with Crippen LogP contribution in [-0.2, 0) is 14.3 Å². The highest BCUT2D eigenvalue weighted by Gasteiger charge is 2.27. The number of hydrogen-bond donors (Lipinski definition) is 3. The summed E-state index contributed by atoms with van der Waals surface area (Å²) in [6.45, 7) is 1.92. The maximum Gasteiger partial charge on any atom is 0.412 e. The number of amides is 1. The van der Waals surface area contributed by atoms with Crippen LogP contribution in [0.4, 0.5) is 10.5 Å². The molecule has 0 heterocycles. The lowest BCUT2D eigenvalue weighted by Crippen LogP contribution is -2.27. The van der Waals surface area contributed by atoms with Gasteiger partial charge in [0, 0.05) is 18.9 Å². The summed E-state index contributed by atoms with van der Waals surface area (Å²) in [5, 5.41) is 21.6. The fourth-order valence-electron chi connectivity index (χ4n) is 2.59. The molecule has 0 saturated carbocycles. The van der Waals surface area contributed by atoms with E-state index in [1.165, 1.54) is 32.4 Å². The zero-order valence-electron chi connectivity index (χ0n) is 16.3. The molecule has 8 heteroatoms. The topological polar surface area (TPSA) is 114 Å². The largest absolute Gasteiger partial charge is 0.504 e. The Morgan fingerprint density at radius 3 is 2.34 bits per heavy atom. The number of carbonyl (C=O) groups excluding carboxylic acids is 1. The Kier molecular flexibility index (Phi) is 7.62. The molecule has 0 radical (unpaired) electrons. The van der Waals surface area contributed by atoms with Crippen LogP contribution >= 0.6 is 0 Å². The summed E-state index contributed by atoms with van der Waals surface area (Å²) < 4.78 is 15.8. The summed E-state index contributed by atoms with van der Waals surface area (Å²) in [6.07, 6.45) is -0.556. The van der Waals surface area contributed by atoms with Gasteiger partial charge in [0.05, 0.1) is 7.11 Å². The Morgan fingerprint density at radius 1 is 1.10 bits per heavy atom. The van der Waals surface area contributed by atoms with Gasteiger partial charge in [0.1, 0.15) is 6.10 Å². The van der Waals surface area contributed by atoms with Gasteiger partial charge in [-0.3, -0.25) is 5.32 Å². The molecule has 154 valence electrons. The van der Waals surface area contributed by atoms with Crippen molar-refractivity contribution in [3.63, 3.8) is 0 Å². The molecule has 0 bridgehead atoms. The minimum atomic E-state index is -1.17.